The number of nitriles is 1. The Bertz CT molecular complexity index is 936. The van der Waals surface area contributed by atoms with Gasteiger partial charge in [0.15, 0.2) is 11.5 Å². The number of guanidine groups is 1. The number of Topliss-reactive ketones (excluding diaryl/α,β-unsaturated/α-hetero) is 1. The van der Waals surface area contributed by atoms with Crippen molar-refractivity contribution in [2.24, 2.45) is 16.6 Å². The van der Waals surface area contributed by atoms with Crippen molar-refractivity contribution in [2.45, 2.75) is 0 Å². The fourth-order valence-corrected chi connectivity index (χ4v) is 2.59. The minimum atomic E-state index is -4.27. The minimum absolute atomic E-state index is 0.0864. The summed E-state index contributed by atoms with van der Waals surface area (Å²) in [5, 5.41) is 11.9. The minimum Gasteiger partial charge on any atom is -0.453 e. The van der Waals surface area contributed by atoms with Crippen molar-refractivity contribution in [2.75, 3.05) is 5.75 Å². The first-order chi connectivity index (χ1) is 11.3. The Morgan fingerprint density at radius 2 is 2.08 bits per heavy atom. The van der Waals surface area contributed by atoms with Crippen LogP contribution >= 0.6 is 0 Å². The maximum atomic E-state index is 12.1. The third kappa shape index (κ3) is 4.11. The fraction of sp³-hybridized carbons (Fsp3) is 0.0714. The molecule has 1 aromatic heterocycles. The summed E-state index contributed by atoms with van der Waals surface area (Å²) in [7, 11) is -4.27. The Kier molecular flexibility index (Phi) is 4.86. The molecule has 0 aliphatic heterocycles. The van der Waals surface area contributed by atoms with Gasteiger partial charge in [-0.2, -0.15) is 13.7 Å². The molecular weight excluding hydrogens is 336 g/mol. The molecule has 0 spiro atoms. The second-order valence-corrected chi connectivity index (χ2v) is 6.12. The van der Waals surface area contributed by atoms with Crippen LogP contribution in [0.15, 0.2) is 46.2 Å². The molecule has 124 valence electrons. The Morgan fingerprint density at radius 1 is 1.33 bits per heavy atom. The Hall–Kier alpha value is -3.32. The van der Waals surface area contributed by atoms with Crippen molar-refractivity contribution in [3.63, 3.8) is 0 Å². The first-order valence-corrected chi connectivity index (χ1v) is 8.01. The molecular formula is C14H12N4O5S. The molecule has 0 aliphatic carbocycles. The van der Waals surface area contributed by atoms with Gasteiger partial charge >= 0.3 is 10.1 Å². The van der Waals surface area contributed by atoms with Crippen molar-refractivity contribution >= 4 is 21.9 Å². The molecule has 0 amide bonds. The lowest BCUT2D eigenvalue weighted by molar-refractivity contribution is 0.101. The van der Waals surface area contributed by atoms with Crippen molar-refractivity contribution in [1.82, 2.24) is 0 Å². The van der Waals surface area contributed by atoms with Crippen molar-refractivity contribution < 1.29 is 21.9 Å². The summed E-state index contributed by atoms with van der Waals surface area (Å²) in [6, 6.07) is 9.56. The standard InChI is InChI=1S/C14H12N4O5S/c15-7-13-11(4-5-22-13)9-2-1-3-10(6-9)12(19)8-24(20,21)23-18-14(16)17/h1-6H,8H2,(H4,16,17,18). The van der Waals surface area contributed by atoms with Gasteiger partial charge in [-0.3, -0.25) is 9.08 Å². The van der Waals surface area contributed by atoms with Gasteiger partial charge in [-0.15, -0.1) is 0 Å². The van der Waals surface area contributed by atoms with Crippen LogP contribution in [0.3, 0.4) is 0 Å². The maximum Gasteiger partial charge on any atom is 0.336 e. The van der Waals surface area contributed by atoms with Gasteiger partial charge < -0.3 is 15.9 Å². The van der Waals surface area contributed by atoms with E-state index in [-0.39, 0.29) is 11.3 Å². The molecule has 24 heavy (non-hydrogen) atoms. The Morgan fingerprint density at radius 3 is 2.75 bits per heavy atom. The lowest BCUT2D eigenvalue weighted by Crippen LogP contribution is -2.25. The van der Waals surface area contributed by atoms with E-state index in [0.717, 1.165) is 0 Å². The van der Waals surface area contributed by atoms with Crippen molar-refractivity contribution in [1.29, 1.82) is 5.26 Å². The number of ketones is 1. The van der Waals surface area contributed by atoms with E-state index >= 15 is 0 Å². The van der Waals surface area contributed by atoms with Crippen molar-refractivity contribution in [3.8, 4) is 17.2 Å². The van der Waals surface area contributed by atoms with Crippen LogP contribution < -0.4 is 11.5 Å². The van der Waals surface area contributed by atoms with Crippen LogP contribution in [0.25, 0.3) is 11.1 Å². The zero-order chi connectivity index (χ0) is 17.7. The largest absolute Gasteiger partial charge is 0.453 e. The fourth-order valence-electron chi connectivity index (χ4n) is 1.85. The molecule has 2 aromatic rings. The summed E-state index contributed by atoms with van der Waals surface area (Å²) in [4.78, 5) is 12.1. The summed E-state index contributed by atoms with van der Waals surface area (Å²) in [5.74, 6) is -2.16. The van der Waals surface area contributed by atoms with Crippen LogP contribution in [0, 0.1) is 11.3 Å². The van der Waals surface area contributed by atoms with Gasteiger partial charge in [0, 0.05) is 11.1 Å². The van der Waals surface area contributed by atoms with Crippen molar-refractivity contribution in [3.05, 3.63) is 47.9 Å². The van der Waals surface area contributed by atoms with Gasteiger partial charge in [0.1, 0.15) is 6.07 Å². The van der Waals surface area contributed by atoms with E-state index in [9.17, 15) is 13.2 Å². The van der Waals surface area contributed by atoms with Gasteiger partial charge in [-0.25, -0.2) is 0 Å². The molecule has 0 atom stereocenters. The normalized spacial score (nSPS) is 10.6. The SMILES string of the molecule is N#Cc1occc1-c1cccc(C(=O)CS(=O)(=O)ON=C(N)N)c1. The lowest BCUT2D eigenvalue weighted by atomic mass is 10.0. The van der Waals surface area contributed by atoms with Gasteiger partial charge in [0.05, 0.1) is 6.26 Å². The second-order valence-electron chi connectivity index (χ2n) is 4.57. The Labute approximate surface area is 137 Å². The summed E-state index contributed by atoms with van der Waals surface area (Å²) in [5.41, 5.74) is 11.1. The molecule has 0 saturated heterocycles. The molecule has 1 heterocycles. The highest BCUT2D eigenvalue weighted by Crippen LogP contribution is 2.25. The average Bonchev–Trinajstić information content (AvgIpc) is 3.01. The van der Waals surface area contributed by atoms with E-state index in [4.69, 9.17) is 21.1 Å². The third-order valence-corrected chi connectivity index (χ3v) is 3.74. The number of benzene rings is 1. The predicted octanol–water partition coefficient (Wildman–Crippen LogP) is 0.536. The van der Waals surface area contributed by atoms with E-state index in [2.05, 4.69) is 9.44 Å². The van der Waals surface area contributed by atoms with Crippen LogP contribution in [-0.2, 0) is 14.4 Å². The summed E-state index contributed by atoms with van der Waals surface area (Å²) in [6.45, 7) is 0. The number of carbonyl (C=O) groups excluding carboxylic acids is 1. The molecule has 4 N–H and O–H groups in total. The first kappa shape index (κ1) is 17.0. The number of oxime groups is 1. The van der Waals surface area contributed by atoms with E-state index in [1.54, 1.807) is 18.2 Å². The monoisotopic (exact) mass is 348 g/mol. The first-order valence-electron chi connectivity index (χ1n) is 6.44. The molecule has 10 heteroatoms. The predicted molar refractivity (Wildman–Crippen MR) is 83.9 cm³/mol. The molecule has 0 radical (unpaired) electrons. The second kappa shape index (κ2) is 6.84. The number of rotatable bonds is 6. The van der Waals surface area contributed by atoms with Gasteiger partial charge in [-0.05, 0) is 22.9 Å². The summed E-state index contributed by atoms with van der Waals surface area (Å²) < 4.78 is 32.4. The quantitative estimate of drug-likeness (QED) is 0.330. The smallest absolute Gasteiger partial charge is 0.336 e. The summed E-state index contributed by atoms with van der Waals surface area (Å²) >= 11 is 0. The molecule has 9 nitrogen and oxygen atoms in total. The number of nitrogens with two attached hydrogens (primary N) is 2. The van der Waals surface area contributed by atoms with Gasteiger partial charge in [0.25, 0.3) is 0 Å². The van der Waals surface area contributed by atoms with Crippen LogP contribution in [0.2, 0.25) is 0 Å². The highest BCUT2D eigenvalue weighted by molar-refractivity contribution is 7.87. The van der Waals surface area contributed by atoms with Gasteiger partial charge in [-0.1, -0.05) is 18.2 Å². The zero-order valence-corrected chi connectivity index (χ0v) is 13.0. The number of hydrogen-bond donors (Lipinski definition) is 2. The molecule has 2 rings (SSSR count). The number of furan rings is 1. The highest BCUT2D eigenvalue weighted by atomic mass is 32.2. The van der Waals surface area contributed by atoms with Crippen LogP contribution in [-0.4, -0.2) is 25.9 Å². The lowest BCUT2D eigenvalue weighted by Gasteiger charge is -2.04. The average molecular weight is 348 g/mol. The topological polar surface area (TPSA) is 162 Å². The van der Waals surface area contributed by atoms with Crippen LogP contribution in [0.4, 0.5) is 0 Å². The number of nitrogens with zero attached hydrogens (tertiary/aromatic N) is 2. The summed E-state index contributed by atoms with van der Waals surface area (Å²) in [6.07, 6.45) is 1.34. The third-order valence-electron chi connectivity index (χ3n) is 2.83. The van der Waals surface area contributed by atoms with E-state index in [0.29, 0.717) is 11.1 Å². The molecule has 0 aliphatic rings. The molecule has 0 saturated carbocycles. The highest BCUT2D eigenvalue weighted by Gasteiger charge is 2.20. The van der Waals surface area contributed by atoms with E-state index in [1.807, 2.05) is 6.07 Å². The molecule has 1 aromatic carbocycles. The maximum absolute atomic E-state index is 12.1. The molecule has 0 fully saturated rings. The van der Waals surface area contributed by atoms with Crippen LogP contribution in [0.5, 0.6) is 0 Å². The van der Waals surface area contributed by atoms with E-state index in [1.165, 1.54) is 18.4 Å². The van der Waals surface area contributed by atoms with E-state index < -0.39 is 27.6 Å². The molecule has 0 bridgehead atoms. The van der Waals surface area contributed by atoms with Gasteiger partial charge in [0.2, 0.25) is 11.7 Å². The number of hydrogen-bond acceptors (Lipinski definition) is 7. The molecule has 0 unspecified atom stereocenters. The number of carbonyl (C=O) groups is 1. The Balaban J connectivity index is 2.24. The zero-order valence-electron chi connectivity index (χ0n) is 12.2. The van der Waals surface area contributed by atoms with Crippen LogP contribution in [0.1, 0.15) is 16.1 Å².